The van der Waals surface area contributed by atoms with Gasteiger partial charge in [0.1, 0.15) is 5.52 Å². The molecule has 4 heteroatoms. The largest absolute Gasteiger partial charge is 0.424 e. The van der Waals surface area contributed by atoms with Crippen molar-refractivity contribution in [3.63, 3.8) is 0 Å². The number of anilines is 1. The van der Waals surface area contributed by atoms with Gasteiger partial charge in [-0.25, -0.2) is 0 Å². The maximum Gasteiger partial charge on any atom is 0.295 e. The monoisotopic (exact) mass is 232 g/mol. The maximum absolute atomic E-state index is 5.60. The third-order valence-corrected chi connectivity index (χ3v) is 3.09. The summed E-state index contributed by atoms with van der Waals surface area (Å²) in [5, 5.41) is 3.25. The second-order valence-electron chi connectivity index (χ2n) is 4.45. The fraction of sp³-hybridized carbons (Fsp3) is 0.462. The average Bonchev–Trinajstić information content (AvgIpc) is 2.80. The molecule has 1 aromatic heterocycles. The highest BCUT2D eigenvalue weighted by Crippen LogP contribution is 2.19. The quantitative estimate of drug-likeness (QED) is 0.883. The summed E-state index contributed by atoms with van der Waals surface area (Å²) in [7, 11) is 0. The van der Waals surface area contributed by atoms with Gasteiger partial charge >= 0.3 is 0 Å². The Morgan fingerprint density at radius 2 is 2.29 bits per heavy atom. The Hall–Kier alpha value is -1.55. The van der Waals surface area contributed by atoms with Gasteiger partial charge in [0.15, 0.2) is 5.58 Å². The van der Waals surface area contributed by atoms with Crippen molar-refractivity contribution in [1.29, 1.82) is 0 Å². The average molecular weight is 232 g/mol. The number of benzene rings is 1. The van der Waals surface area contributed by atoms with E-state index in [1.54, 1.807) is 0 Å². The number of rotatable bonds is 3. The lowest BCUT2D eigenvalue weighted by Gasteiger charge is -2.21. The van der Waals surface area contributed by atoms with Gasteiger partial charge in [0, 0.05) is 13.2 Å². The third kappa shape index (κ3) is 2.42. The van der Waals surface area contributed by atoms with E-state index in [-0.39, 0.29) is 0 Å². The first-order chi connectivity index (χ1) is 8.42. The van der Waals surface area contributed by atoms with E-state index in [2.05, 4.69) is 10.3 Å². The van der Waals surface area contributed by atoms with E-state index in [0.29, 0.717) is 11.9 Å². The van der Waals surface area contributed by atoms with Crippen LogP contribution in [0.5, 0.6) is 0 Å². The minimum Gasteiger partial charge on any atom is -0.424 e. The SMILES string of the molecule is c1ccc2oc(NC[C@H]3CCCOC3)nc2c1. The minimum absolute atomic E-state index is 0.568. The van der Waals surface area contributed by atoms with E-state index < -0.39 is 0 Å². The number of fused-ring (bicyclic) bond motifs is 1. The smallest absolute Gasteiger partial charge is 0.295 e. The van der Waals surface area contributed by atoms with Crippen LogP contribution in [0.3, 0.4) is 0 Å². The second kappa shape index (κ2) is 4.75. The summed E-state index contributed by atoms with van der Waals surface area (Å²) >= 11 is 0. The van der Waals surface area contributed by atoms with E-state index in [1.165, 1.54) is 6.42 Å². The van der Waals surface area contributed by atoms with Crippen LogP contribution in [0.2, 0.25) is 0 Å². The molecule has 0 radical (unpaired) electrons. The minimum atomic E-state index is 0.568. The summed E-state index contributed by atoms with van der Waals surface area (Å²) < 4.78 is 11.0. The maximum atomic E-state index is 5.60. The lowest BCUT2D eigenvalue weighted by Crippen LogP contribution is -2.24. The normalized spacial score (nSPS) is 20.6. The molecule has 2 heterocycles. The standard InChI is InChI=1S/C13H16N2O2/c1-2-6-12-11(5-1)15-13(17-12)14-8-10-4-3-7-16-9-10/h1-2,5-6,10H,3-4,7-9H2,(H,14,15)/t10-/m1/s1. The molecule has 0 bridgehead atoms. The van der Waals surface area contributed by atoms with Crippen molar-refractivity contribution in [2.24, 2.45) is 5.92 Å². The lowest BCUT2D eigenvalue weighted by atomic mass is 10.0. The first-order valence-corrected chi connectivity index (χ1v) is 6.09. The summed E-state index contributed by atoms with van der Waals surface area (Å²) in [6.07, 6.45) is 2.37. The Morgan fingerprint density at radius 3 is 3.12 bits per heavy atom. The molecule has 1 aliphatic heterocycles. The third-order valence-electron chi connectivity index (χ3n) is 3.09. The fourth-order valence-electron chi connectivity index (χ4n) is 2.15. The molecule has 1 saturated heterocycles. The van der Waals surface area contributed by atoms with Gasteiger partial charge in [0.25, 0.3) is 6.01 Å². The van der Waals surface area contributed by atoms with Crippen molar-refractivity contribution in [2.75, 3.05) is 25.1 Å². The number of hydrogen-bond acceptors (Lipinski definition) is 4. The fourth-order valence-corrected chi connectivity index (χ4v) is 2.15. The predicted octanol–water partition coefficient (Wildman–Crippen LogP) is 2.67. The zero-order valence-electron chi connectivity index (χ0n) is 9.69. The Bertz CT molecular complexity index is 456. The highest BCUT2D eigenvalue weighted by atomic mass is 16.5. The van der Waals surface area contributed by atoms with E-state index in [0.717, 1.165) is 37.3 Å². The summed E-state index contributed by atoms with van der Waals surface area (Å²) in [6.45, 7) is 2.61. The number of oxazole rings is 1. The zero-order chi connectivity index (χ0) is 11.5. The number of para-hydroxylation sites is 2. The molecule has 4 nitrogen and oxygen atoms in total. The second-order valence-corrected chi connectivity index (χ2v) is 4.45. The van der Waals surface area contributed by atoms with Crippen molar-refractivity contribution in [2.45, 2.75) is 12.8 Å². The van der Waals surface area contributed by atoms with Gasteiger partial charge < -0.3 is 14.5 Å². The van der Waals surface area contributed by atoms with Gasteiger partial charge in [-0.3, -0.25) is 0 Å². The molecule has 3 rings (SSSR count). The zero-order valence-corrected chi connectivity index (χ0v) is 9.69. The molecule has 1 atom stereocenters. The summed E-state index contributed by atoms with van der Waals surface area (Å²) in [4.78, 5) is 4.38. The van der Waals surface area contributed by atoms with Crippen LogP contribution in [0.25, 0.3) is 11.1 Å². The molecule has 90 valence electrons. The van der Waals surface area contributed by atoms with Gasteiger partial charge in [-0.2, -0.15) is 4.98 Å². The van der Waals surface area contributed by atoms with Crippen molar-refractivity contribution in [3.05, 3.63) is 24.3 Å². The number of nitrogens with one attached hydrogen (secondary N) is 1. The molecule has 17 heavy (non-hydrogen) atoms. The van der Waals surface area contributed by atoms with Crippen LogP contribution in [0.15, 0.2) is 28.7 Å². The van der Waals surface area contributed by atoms with Gasteiger partial charge in [0.2, 0.25) is 0 Å². The number of ether oxygens (including phenoxy) is 1. The lowest BCUT2D eigenvalue weighted by molar-refractivity contribution is 0.0593. The van der Waals surface area contributed by atoms with Crippen LogP contribution < -0.4 is 5.32 Å². The summed E-state index contributed by atoms with van der Waals surface area (Å²) in [6, 6.07) is 8.40. The van der Waals surface area contributed by atoms with Gasteiger partial charge in [-0.15, -0.1) is 0 Å². The molecule has 0 saturated carbocycles. The molecule has 2 aromatic rings. The van der Waals surface area contributed by atoms with E-state index >= 15 is 0 Å². The van der Waals surface area contributed by atoms with Gasteiger partial charge in [-0.05, 0) is 30.9 Å². The highest BCUT2D eigenvalue weighted by Gasteiger charge is 2.14. The van der Waals surface area contributed by atoms with Crippen molar-refractivity contribution in [1.82, 2.24) is 4.98 Å². The van der Waals surface area contributed by atoms with Crippen molar-refractivity contribution < 1.29 is 9.15 Å². The Morgan fingerprint density at radius 1 is 1.35 bits per heavy atom. The highest BCUT2D eigenvalue weighted by molar-refractivity contribution is 5.74. The van der Waals surface area contributed by atoms with Crippen LogP contribution >= 0.6 is 0 Å². The molecule has 1 aromatic carbocycles. The van der Waals surface area contributed by atoms with Crippen LogP contribution in [-0.2, 0) is 4.74 Å². The molecule has 1 fully saturated rings. The number of hydrogen-bond donors (Lipinski definition) is 1. The first kappa shape index (κ1) is 10.6. The molecule has 0 unspecified atom stereocenters. The molecule has 1 aliphatic rings. The Kier molecular flexibility index (Phi) is 2.96. The molecule has 1 N–H and O–H groups in total. The van der Waals surface area contributed by atoms with Crippen molar-refractivity contribution >= 4 is 17.1 Å². The summed E-state index contributed by atoms with van der Waals surface area (Å²) in [5.74, 6) is 0.568. The van der Waals surface area contributed by atoms with Crippen LogP contribution in [-0.4, -0.2) is 24.7 Å². The number of aromatic nitrogens is 1. The van der Waals surface area contributed by atoms with E-state index in [4.69, 9.17) is 9.15 Å². The molecular weight excluding hydrogens is 216 g/mol. The Labute approximate surface area is 100.0 Å². The van der Waals surface area contributed by atoms with E-state index in [9.17, 15) is 0 Å². The van der Waals surface area contributed by atoms with Gasteiger partial charge in [-0.1, -0.05) is 12.1 Å². The first-order valence-electron chi connectivity index (χ1n) is 6.09. The van der Waals surface area contributed by atoms with Crippen LogP contribution in [0.4, 0.5) is 6.01 Å². The predicted molar refractivity (Wildman–Crippen MR) is 66.0 cm³/mol. The molecule has 0 aliphatic carbocycles. The molecule has 0 amide bonds. The Balaban J connectivity index is 1.64. The summed E-state index contributed by atoms with van der Waals surface area (Å²) in [5.41, 5.74) is 1.73. The number of nitrogens with zero attached hydrogens (tertiary/aromatic N) is 1. The van der Waals surface area contributed by atoms with Crippen LogP contribution in [0.1, 0.15) is 12.8 Å². The van der Waals surface area contributed by atoms with Crippen LogP contribution in [0, 0.1) is 5.92 Å². The topological polar surface area (TPSA) is 47.3 Å². The van der Waals surface area contributed by atoms with E-state index in [1.807, 2.05) is 24.3 Å². The molecule has 0 spiro atoms. The molecular formula is C13H16N2O2. The van der Waals surface area contributed by atoms with Crippen molar-refractivity contribution in [3.8, 4) is 0 Å². The van der Waals surface area contributed by atoms with Gasteiger partial charge in [0.05, 0.1) is 6.61 Å².